The zero-order valence-corrected chi connectivity index (χ0v) is 12.7. The molecule has 1 unspecified atom stereocenters. The number of rotatable bonds is 9. The first kappa shape index (κ1) is 17.7. The molecule has 22 heavy (non-hydrogen) atoms. The molecular weight excluding hydrogens is 284 g/mol. The summed E-state index contributed by atoms with van der Waals surface area (Å²) in [5.74, 6) is -1.32. The van der Waals surface area contributed by atoms with Crippen LogP contribution in [0.15, 0.2) is 30.3 Å². The van der Waals surface area contributed by atoms with Crippen LogP contribution in [0, 0.1) is 5.92 Å². The predicted molar refractivity (Wildman–Crippen MR) is 82.2 cm³/mol. The largest absolute Gasteiger partial charge is 0.481 e. The Hall–Kier alpha value is -2.37. The second-order valence-electron chi connectivity index (χ2n) is 5.27. The van der Waals surface area contributed by atoms with Gasteiger partial charge < -0.3 is 15.7 Å². The van der Waals surface area contributed by atoms with Gasteiger partial charge in [-0.2, -0.15) is 0 Å². The van der Waals surface area contributed by atoms with Crippen molar-refractivity contribution in [3.63, 3.8) is 0 Å². The highest BCUT2D eigenvalue weighted by Crippen LogP contribution is 2.00. The summed E-state index contributed by atoms with van der Waals surface area (Å²) in [6.07, 6.45) is 0.493. The molecule has 2 amide bonds. The number of amides is 2. The zero-order chi connectivity index (χ0) is 16.4. The molecule has 120 valence electrons. The van der Waals surface area contributed by atoms with Gasteiger partial charge in [0.2, 0.25) is 11.8 Å². The molecule has 0 aliphatic heterocycles. The molecule has 0 spiro atoms. The lowest BCUT2D eigenvalue weighted by Gasteiger charge is -2.10. The molecule has 1 aromatic carbocycles. The van der Waals surface area contributed by atoms with Gasteiger partial charge in [0.25, 0.3) is 0 Å². The van der Waals surface area contributed by atoms with E-state index in [1.54, 1.807) is 6.92 Å². The third-order valence-corrected chi connectivity index (χ3v) is 3.05. The Kier molecular flexibility index (Phi) is 7.67. The summed E-state index contributed by atoms with van der Waals surface area (Å²) in [4.78, 5) is 33.7. The van der Waals surface area contributed by atoms with Crippen molar-refractivity contribution < 1.29 is 19.5 Å². The highest BCUT2D eigenvalue weighted by atomic mass is 16.4. The van der Waals surface area contributed by atoms with E-state index in [1.807, 2.05) is 30.3 Å². The Bertz CT molecular complexity index is 502. The molecule has 3 N–H and O–H groups in total. The molecular formula is C16H22N2O4. The van der Waals surface area contributed by atoms with Crippen LogP contribution in [0.3, 0.4) is 0 Å². The summed E-state index contributed by atoms with van der Waals surface area (Å²) >= 11 is 0. The second kappa shape index (κ2) is 9.55. The smallest absolute Gasteiger partial charge is 0.303 e. The maximum absolute atomic E-state index is 11.7. The van der Waals surface area contributed by atoms with E-state index in [9.17, 15) is 14.4 Å². The van der Waals surface area contributed by atoms with E-state index in [0.717, 1.165) is 5.56 Å². The molecule has 1 atom stereocenters. The molecule has 0 aliphatic rings. The number of nitrogens with one attached hydrogen (secondary N) is 2. The predicted octanol–water partition coefficient (Wildman–Crippen LogP) is 0.962. The van der Waals surface area contributed by atoms with Gasteiger partial charge in [-0.25, -0.2) is 0 Å². The number of carbonyl (C=O) groups is 3. The van der Waals surface area contributed by atoms with E-state index < -0.39 is 5.97 Å². The zero-order valence-electron chi connectivity index (χ0n) is 12.7. The average molecular weight is 306 g/mol. The van der Waals surface area contributed by atoms with Crippen LogP contribution in [-0.4, -0.2) is 36.0 Å². The molecule has 0 saturated heterocycles. The van der Waals surface area contributed by atoms with Crippen molar-refractivity contribution in [3.8, 4) is 0 Å². The topological polar surface area (TPSA) is 95.5 Å². The lowest BCUT2D eigenvalue weighted by Crippen LogP contribution is -2.33. The van der Waals surface area contributed by atoms with Gasteiger partial charge in [-0.3, -0.25) is 14.4 Å². The highest BCUT2D eigenvalue weighted by molar-refractivity contribution is 5.80. The lowest BCUT2D eigenvalue weighted by molar-refractivity contribution is -0.138. The van der Waals surface area contributed by atoms with E-state index in [-0.39, 0.29) is 43.5 Å². The van der Waals surface area contributed by atoms with Crippen molar-refractivity contribution in [2.75, 3.05) is 13.1 Å². The molecule has 0 radical (unpaired) electrons. The summed E-state index contributed by atoms with van der Waals surface area (Å²) in [6, 6.07) is 9.37. The van der Waals surface area contributed by atoms with Gasteiger partial charge in [0, 0.05) is 25.9 Å². The van der Waals surface area contributed by atoms with Crippen molar-refractivity contribution >= 4 is 17.8 Å². The minimum Gasteiger partial charge on any atom is -0.481 e. The molecule has 1 rings (SSSR count). The van der Waals surface area contributed by atoms with Crippen LogP contribution in [0.4, 0.5) is 0 Å². The van der Waals surface area contributed by atoms with Crippen LogP contribution in [-0.2, 0) is 20.8 Å². The summed E-state index contributed by atoms with van der Waals surface area (Å²) in [5.41, 5.74) is 0.923. The van der Waals surface area contributed by atoms with Crippen LogP contribution in [0.2, 0.25) is 0 Å². The number of carboxylic acid groups (broad SMARTS) is 1. The molecule has 1 aromatic rings. The third-order valence-electron chi connectivity index (χ3n) is 3.05. The molecule has 6 nitrogen and oxygen atoms in total. The Labute approximate surface area is 129 Å². The quantitative estimate of drug-likeness (QED) is 0.633. The minimum atomic E-state index is -0.880. The third kappa shape index (κ3) is 8.04. The SMILES string of the molecule is CC(CNC(=O)CCNC(=O)Cc1ccccc1)CC(=O)O. The Morgan fingerprint density at radius 2 is 1.77 bits per heavy atom. The molecule has 0 heterocycles. The van der Waals surface area contributed by atoms with Gasteiger partial charge in [0.15, 0.2) is 0 Å². The van der Waals surface area contributed by atoms with E-state index >= 15 is 0 Å². The molecule has 0 aromatic heterocycles. The van der Waals surface area contributed by atoms with Gasteiger partial charge in [0.05, 0.1) is 6.42 Å². The Balaban J connectivity index is 2.14. The van der Waals surface area contributed by atoms with Crippen LogP contribution in [0.25, 0.3) is 0 Å². The van der Waals surface area contributed by atoms with Gasteiger partial charge in [-0.05, 0) is 11.5 Å². The summed E-state index contributed by atoms with van der Waals surface area (Å²) in [6.45, 7) is 2.35. The molecule has 0 bridgehead atoms. The summed E-state index contributed by atoms with van der Waals surface area (Å²) in [7, 11) is 0. The molecule has 0 aliphatic carbocycles. The summed E-state index contributed by atoms with van der Waals surface area (Å²) in [5, 5.41) is 14.0. The number of hydrogen-bond acceptors (Lipinski definition) is 3. The first-order valence-corrected chi connectivity index (χ1v) is 7.26. The number of carboxylic acids is 1. The van der Waals surface area contributed by atoms with Gasteiger partial charge in [-0.1, -0.05) is 37.3 Å². The molecule has 6 heteroatoms. The second-order valence-corrected chi connectivity index (χ2v) is 5.27. The van der Waals surface area contributed by atoms with Crippen molar-refractivity contribution in [1.82, 2.24) is 10.6 Å². The van der Waals surface area contributed by atoms with Crippen LogP contribution < -0.4 is 10.6 Å². The van der Waals surface area contributed by atoms with Gasteiger partial charge in [-0.15, -0.1) is 0 Å². The van der Waals surface area contributed by atoms with E-state index in [2.05, 4.69) is 10.6 Å². The lowest BCUT2D eigenvalue weighted by atomic mass is 10.1. The Morgan fingerprint density at radius 1 is 1.09 bits per heavy atom. The van der Waals surface area contributed by atoms with Crippen LogP contribution >= 0.6 is 0 Å². The summed E-state index contributed by atoms with van der Waals surface area (Å²) < 4.78 is 0. The maximum Gasteiger partial charge on any atom is 0.303 e. The van der Waals surface area contributed by atoms with Crippen molar-refractivity contribution in [1.29, 1.82) is 0 Å². The van der Waals surface area contributed by atoms with Crippen molar-refractivity contribution in [2.45, 2.75) is 26.2 Å². The fraction of sp³-hybridized carbons (Fsp3) is 0.438. The maximum atomic E-state index is 11.7. The highest BCUT2D eigenvalue weighted by Gasteiger charge is 2.09. The van der Waals surface area contributed by atoms with Crippen LogP contribution in [0.1, 0.15) is 25.3 Å². The standard InChI is InChI=1S/C16H22N2O4/c1-12(9-16(21)22)11-18-14(19)7-8-17-15(20)10-13-5-3-2-4-6-13/h2-6,12H,7-11H2,1H3,(H,17,20)(H,18,19)(H,21,22). The fourth-order valence-electron chi connectivity index (χ4n) is 1.91. The van der Waals surface area contributed by atoms with E-state index in [4.69, 9.17) is 5.11 Å². The van der Waals surface area contributed by atoms with E-state index in [1.165, 1.54) is 0 Å². The number of carbonyl (C=O) groups excluding carboxylic acids is 2. The normalized spacial score (nSPS) is 11.5. The average Bonchev–Trinajstić information content (AvgIpc) is 2.45. The number of hydrogen-bond donors (Lipinski definition) is 3. The van der Waals surface area contributed by atoms with Gasteiger partial charge >= 0.3 is 5.97 Å². The fourth-order valence-corrected chi connectivity index (χ4v) is 1.91. The van der Waals surface area contributed by atoms with Gasteiger partial charge in [0.1, 0.15) is 0 Å². The van der Waals surface area contributed by atoms with E-state index in [0.29, 0.717) is 6.54 Å². The van der Waals surface area contributed by atoms with Crippen molar-refractivity contribution in [3.05, 3.63) is 35.9 Å². The first-order chi connectivity index (χ1) is 10.5. The monoisotopic (exact) mass is 306 g/mol. The number of aliphatic carboxylic acids is 1. The number of benzene rings is 1. The van der Waals surface area contributed by atoms with Crippen molar-refractivity contribution in [2.24, 2.45) is 5.92 Å². The van der Waals surface area contributed by atoms with Crippen LogP contribution in [0.5, 0.6) is 0 Å². The Morgan fingerprint density at radius 3 is 2.41 bits per heavy atom. The molecule has 0 fully saturated rings. The first-order valence-electron chi connectivity index (χ1n) is 7.26. The minimum absolute atomic E-state index is 0.0219. The molecule has 0 saturated carbocycles.